The molecule has 4 N–H and O–H groups in total. The molecule has 194 valence electrons. The highest BCUT2D eigenvalue weighted by Crippen LogP contribution is 2.33. The van der Waals surface area contributed by atoms with Gasteiger partial charge >= 0.3 is 0 Å². The van der Waals surface area contributed by atoms with Crippen LogP contribution in [-0.4, -0.2) is 41.4 Å². The highest BCUT2D eigenvalue weighted by Gasteiger charge is 2.24. The molecule has 1 aliphatic heterocycles. The first-order chi connectivity index (χ1) is 17.6. The summed E-state index contributed by atoms with van der Waals surface area (Å²) in [6.45, 7) is 2.64. The van der Waals surface area contributed by atoms with Crippen LogP contribution in [-0.2, 0) is 14.8 Å². The fourth-order valence-corrected chi connectivity index (χ4v) is 4.96. The second-order valence-corrected chi connectivity index (χ2v) is 10.1. The van der Waals surface area contributed by atoms with E-state index >= 15 is 0 Å². The molecule has 2 aromatic heterocycles. The minimum Gasteiger partial charge on any atom is -0.381 e. The molecule has 1 aliphatic rings. The second kappa shape index (κ2) is 9.61. The van der Waals surface area contributed by atoms with Crippen molar-refractivity contribution in [2.75, 3.05) is 23.8 Å². The Balaban J connectivity index is 1.56. The van der Waals surface area contributed by atoms with Gasteiger partial charge in [-0.3, -0.25) is 0 Å². The number of nitrogens with two attached hydrogens (primary N) is 1. The number of fused-ring (bicyclic) bond motifs is 1. The van der Waals surface area contributed by atoms with E-state index in [1.807, 2.05) is 0 Å². The molecule has 0 atom stereocenters. The zero-order chi connectivity index (χ0) is 26.3. The quantitative estimate of drug-likeness (QED) is 0.338. The van der Waals surface area contributed by atoms with E-state index in [1.54, 1.807) is 23.7 Å². The minimum absolute atomic E-state index is 0.0411. The van der Waals surface area contributed by atoms with E-state index in [1.165, 1.54) is 12.3 Å². The Kier molecular flexibility index (Phi) is 6.47. The van der Waals surface area contributed by atoms with Crippen molar-refractivity contribution in [2.24, 2.45) is 5.14 Å². The Morgan fingerprint density at radius 3 is 2.46 bits per heavy atom. The van der Waals surface area contributed by atoms with Crippen LogP contribution in [0.5, 0.6) is 0 Å². The number of halogens is 3. The summed E-state index contributed by atoms with van der Waals surface area (Å²) < 4.78 is 72.9. The Morgan fingerprint density at radius 1 is 1.08 bits per heavy atom. The molecule has 0 aliphatic carbocycles. The van der Waals surface area contributed by atoms with E-state index in [0.29, 0.717) is 60.5 Å². The van der Waals surface area contributed by atoms with Crippen LogP contribution in [0, 0.1) is 24.4 Å². The Labute approximate surface area is 209 Å². The third kappa shape index (κ3) is 5.08. The zero-order valence-electron chi connectivity index (χ0n) is 19.5. The maximum atomic E-state index is 14.3. The minimum atomic E-state index is -3.94. The summed E-state index contributed by atoms with van der Waals surface area (Å²) in [5.74, 6) is -3.05. The topological polar surface area (TPSA) is 137 Å². The van der Waals surface area contributed by atoms with Crippen LogP contribution in [0.2, 0.25) is 0 Å². The molecule has 10 nitrogen and oxygen atoms in total. The standard InChI is InChI=1S/C23H22F3N7O3S/c1-12-2-3-14(10-19(12)37(27,34)35)29-23-28-11-16-21(30-20-17(25)8-13(24)9-18(20)26)32-33(22(16)31-23)15-4-6-36-7-5-15/h2-3,8-11,15H,4-7H2,1H3,(H,30,32)(H2,27,34,35)(H,28,29,31). The number of rotatable bonds is 6. The number of primary sulfonamides is 1. The van der Waals surface area contributed by atoms with Gasteiger partial charge in [0.2, 0.25) is 16.0 Å². The van der Waals surface area contributed by atoms with Crippen molar-refractivity contribution in [2.45, 2.75) is 30.7 Å². The summed E-state index contributed by atoms with van der Waals surface area (Å²) >= 11 is 0. The number of anilines is 4. The first-order valence-electron chi connectivity index (χ1n) is 11.2. The van der Waals surface area contributed by atoms with Gasteiger partial charge in [-0.1, -0.05) is 6.07 Å². The van der Waals surface area contributed by atoms with E-state index in [0.717, 1.165) is 0 Å². The van der Waals surface area contributed by atoms with E-state index in [9.17, 15) is 21.6 Å². The molecule has 5 rings (SSSR count). The van der Waals surface area contributed by atoms with Crippen molar-refractivity contribution in [3.8, 4) is 0 Å². The lowest BCUT2D eigenvalue weighted by molar-refractivity contribution is 0.0674. The summed E-state index contributed by atoms with van der Waals surface area (Å²) in [7, 11) is -3.94. The van der Waals surface area contributed by atoms with Crippen molar-refractivity contribution in [1.29, 1.82) is 0 Å². The van der Waals surface area contributed by atoms with Crippen LogP contribution in [0.1, 0.15) is 24.4 Å². The summed E-state index contributed by atoms with van der Waals surface area (Å²) in [6.07, 6.45) is 2.69. The third-order valence-corrected chi connectivity index (χ3v) is 7.04. The van der Waals surface area contributed by atoms with Crippen LogP contribution in [0.3, 0.4) is 0 Å². The maximum absolute atomic E-state index is 14.3. The molecule has 0 bridgehead atoms. The number of hydrogen-bond acceptors (Lipinski definition) is 8. The molecule has 0 amide bonds. The van der Waals surface area contributed by atoms with E-state index in [-0.39, 0.29) is 22.7 Å². The van der Waals surface area contributed by atoms with Crippen LogP contribution in [0.25, 0.3) is 11.0 Å². The monoisotopic (exact) mass is 533 g/mol. The molecule has 2 aromatic carbocycles. The van der Waals surface area contributed by atoms with Crippen LogP contribution < -0.4 is 15.8 Å². The van der Waals surface area contributed by atoms with Crippen molar-refractivity contribution < 1.29 is 26.3 Å². The number of sulfonamides is 1. The molecule has 0 saturated carbocycles. The molecule has 0 unspecified atom stereocenters. The average molecular weight is 534 g/mol. The van der Waals surface area contributed by atoms with Crippen LogP contribution in [0.15, 0.2) is 41.4 Å². The zero-order valence-corrected chi connectivity index (χ0v) is 20.3. The Bertz CT molecular complexity index is 1580. The van der Waals surface area contributed by atoms with Gasteiger partial charge in [0.25, 0.3) is 0 Å². The number of hydrogen-bond donors (Lipinski definition) is 3. The van der Waals surface area contributed by atoms with E-state index in [4.69, 9.17) is 9.88 Å². The fourth-order valence-electron chi connectivity index (χ4n) is 4.15. The van der Waals surface area contributed by atoms with Gasteiger partial charge < -0.3 is 15.4 Å². The number of nitrogens with zero attached hydrogens (tertiary/aromatic N) is 4. The van der Waals surface area contributed by atoms with Crippen molar-refractivity contribution in [3.63, 3.8) is 0 Å². The van der Waals surface area contributed by atoms with Gasteiger partial charge in [-0.2, -0.15) is 10.1 Å². The average Bonchev–Trinajstić information content (AvgIpc) is 3.20. The summed E-state index contributed by atoms with van der Waals surface area (Å²) in [5.41, 5.74) is 0.684. The normalized spacial score (nSPS) is 14.7. The summed E-state index contributed by atoms with van der Waals surface area (Å²) in [4.78, 5) is 8.78. The predicted molar refractivity (Wildman–Crippen MR) is 130 cm³/mol. The lowest BCUT2D eigenvalue weighted by atomic mass is 10.1. The van der Waals surface area contributed by atoms with Crippen LogP contribution in [0.4, 0.5) is 36.3 Å². The third-order valence-electron chi connectivity index (χ3n) is 5.99. The fraction of sp³-hybridized carbons (Fsp3) is 0.261. The van der Waals surface area contributed by atoms with Gasteiger partial charge in [0.1, 0.15) is 11.5 Å². The van der Waals surface area contributed by atoms with Gasteiger partial charge in [-0.15, -0.1) is 0 Å². The molecule has 3 heterocycles. The van der Waals surface area contributed by atoms with Crippen molar-refractivity contribution in [3.05, 3.63) is 59.5 Å². The Hall–Kier alpha value is -3.75. The lowest BCUT2D eigenvalue weighted by Crippen LogP contribution is -2.21. The van der Waals surface area contributed by atoms with Gasteiger partial charge in [0.05, 0.1) is 16.3 Å². The second-order valence-electron chi connectivity index (χ2n) is 8.59. The summed E-state index contributed by atoms with van der Waals surface area (Å²) in [5, 5.41) is 15.8. The van der Waals surface area contributed by atoms with Crippen LogP contribution >= 0.6 is 0 Å². The molecule has 0 radical (unpaired) electrons. The number of ether oxygens (including phenoxy) is 1. The smallest absolute Gasteiger partial charge is 0.238 e. The first kappa shape index (κ1) is 24.9. The van der Waals surface area contributed by atoms with E-state index in [2.05, 4.69) is 25.7 Å². The number of benzene rings is 2. The Morgan fingerprint density at radius 2 is 1.78 bits per heavy atom. The van der Waals surface area contributed by atoms with Gasteiger partial charge in [-0.25, -0.2) is 36.4 Å². The predicted octanol–water partition coefficient (Wildman–Crippen LogP) is 4.04. The highest BCUT2D eigenvalue weighted by molar-refractivity contribution is 7.89. The van der Waals surface area contributed by atoms with E-state index < -0.39 is 33.2 Å². The number of aryl methyl sites for hydroxylation is 1. The molecule has 1 saturated heterocycles. The first-order valence-corrected chi connectivity index (χ1v) is 12.8. The molecular weight excluding hydrogens is 511 g/mol. The molecule has 0 spiro atoms. The van der Waals surface area contributed by atoms with Crippen molar-refractivity contribution in [1.82, 2.24) is 19.7 Å². The SMILES string of the molecule is Cc1ccc(Nc2ncc3c(Nc4c(F)cc(F)cc4F)nn(C4CCOCC4)c3n2)cc1S(N)(=O)=O. The lowest BCUT2D eigenvalue weighted by Gasteiger charge is -2.22. The molecule has 14 heteroatoms. The number of aromatic nitrogens is 4. The summed E-state index contributed by atoms with van der Waals surface area (Å²) in [6, 6.07) is 5.66. The maximum Gasteiger partial charge on any atom is 0.238 e. The number of nitrogens with one attached hydrogen (secondary N) is 2. The molecule has 4 aromatic rings. The largest absolute Gasteiger partial charge is 0.381 e. The van der Waals surface area contributed by atoms with Gasteiger partial charge in [0.15, 0.2) is 23.1 Å². The molecular formula is C23H22F3N7O3S. The molecule has 37 heavy (non-hydrogen) atoms. The van der Waals surface area contributed by atoms with Gasteiger partial charge in [-0.05, 0) is 37.5 Å². The van der Waals surface area contributed by atoms with Gasteiger partial charge in [0, 0.05) is 37.2 Å². The highest BCUT2D eigenvalue weighted by atomic mass is 32.2. The molecule has 1 fully saturated rings. The van der Waals surface area contributed by atoms with Crippen molar-refractivity contribution >= 4 is 44.2 Å².